The van der Waals surface area contributed by atoms with E-state index in [4.69, 9.17) is 0 Å². The summed E-state index contributed by atoms with van der Waals surface area (Å²) in [7, 11) is 0. The average molecular weight is 349 g/mol. The van der Waals surface area contributed by atoms with Crippen molar-refractivity contribution in [1.82, 2.24) is 5.32 Å². The Morgan fingerprint density at radius 1 is 1.08 bits per heavy atom. The Bertz CT molecular complexity index is 756. The number of amides is 1. The van der Waals surface area contributed by atoms with Crippen molar-refractivity contribution in [1.29, 1.82) is 0 Å². The number of aliphatic hydroxyl groups is 1. The third kappa shape index (κ3) is 4.02. The first kappa shape index (κ1) is 17.5. The van der Waals surface area contributed by atoms with Gasteiger partial charge in [-0.2, -0.15) is 13.2 Å². The molecule has 0 saturated heterocycles. The molecule has 1 aliphatic carbocycles. The second-order valence-electron chi connectivity index (χ2n) is 6.21. The molecule has 132 valence electrons. The SMILES string of the molecule is O=C(NCc1ccccc1CO)[C@@H]1C[C@@H]1c1ccc(C(F)(F)F)cc1. The largest absolute Gasteiger partial charge is 0.416 e. The fourth-order valence-electron chi connectivity index (χ4n) is 2.97. The third-order valence-corrected chi connectivity index (χ3v) is 4.54. The molecule has 2 atom stereocenters. The number of carbonyl (C=O) groups is 1. The molecule has 6 heteroatoms. The van der Waals surface area contributed by atoms with Crippen LogP contribution >= 0.6 is 0 Å². The second kappa shape index (κ2) is 6.88. The van der Waals surface area contributed by atoms with Gasteiger partial charge >= 0.3 is 6.18 Å². The van der Waals surface area contributed by atoms with Crippen LogP contribution in [0.1, 0.15) is 34.6 Å². The van der Waals surface area contributed by atoms with Gasteiger partial charge in [-0.1, -0.05) is 36.4 Å². The first-order chi connectivity index (χ1) is 11.9. The molecular formula is C19H18F3NO2. The van der Waals surface area contributed by atoms with Crippen LogP contribution in [0.25, 0.3) is 0 Å². The first-order valence-corrected chi connectivity index (χ1v) is 8.02. The van der Waals surface area contributed by atoms with Gasteiger partial charge in [0.15, 0.2) is 0 Å². The normalized spacial score (nSPS) is 19.5. The molecule has 2 aromatic rings. The van der Waals surface area contributed by atoms with E-state index in [0.717, 1.165) is 28.8 Å². The van der Waals surface area contributed by atoms with E-state index in [1.165, 1.54) is 12.1 Å². The monoisotopic (exact) mass is 349 g/mol. The molecule has 2 N–H and O–H groups in total. The molecule has 0 heterocycles. The standard InChI is InChI=1S/C19H18F3NO2/c20-19(21,22)15-7-5-12(6-8-15)16-9-17(16)18(25)23-10-13-3-1-2-4-14(13)11-24/h1-8,16-17,24H,9-11H2,(H,23,25)/t16-,17-/m1/s1. The van der Waals surface area contributed by atoms with Crippen molar-refractivity contribution >= 4 is 5.91 Å². The number of rotatable bonds is 5. The summed E-state index contributed by atoms with van der Waals surface area (Å²) in [4.78, 5) is 12.2. The van der Waals surface area contributed by atoms with Gasteiger partial charge in [0.05, 0.1) is 12.2 Å². The van der Waals surface area contributed by atoms with Crippen molar-refractivity contribution in [2.24, 2.45) is 5.92 Å². The lowest BCUT2D eigenvalue weighted by molar-refractivity contribution is -0.137. The Balaban J connectivity index is 1.57. The summed E-state index contributed by atoms with van der Waals surface area (Å²) in [5.41, 5.74) is 1.69. The molecule has 0 unspecified atom stereocenters. The summed E-state index contributed by atoms with van der Waals surface area (Å²) in [6.07, 6.45) is -3.71. The summed E-state index contributed by atoms with van der Waals surface area (Å²) in [5, 5.41) is 12.1. The van der Waals surface area contributed by atoms with E-state index in [-0.39, 0.29) is 24.3 Å². The Morgan fingerprint density at radius 3 is 2.32 bits per heavy atom. The van der Waals surface area contributed by atoms with Crippen molar-refractivity contribution in [2.75, 3.05) is 0 Å². The number of aliphatic hydroxyl groups excluding tert-OH is 1. The van der Waals surface area contributed by atoms with Crippen molar-refractivity contribution in [3.05, 3.63) is 70.8 Å². The molecule has 0 radical (unpaired) electrons. The number of halogens is 3. The zero-order valence-electron chi connectivity index (χ0n) is 13.4. The Hall–Kier alpha value is -2.34. The maximum atomic E-state index is 12.6. The van der Waals surface area contributed by atoms with Crippen molar-refractivity contribution in [3.8, 4) is 0 Å². The number of hydrogen-bond acceptors (Lipinski definition) is 2. The van der Waals surface area contributed by atoms with Crippen LogP contribution in [0.15, 0.2) is 48.5 Å². The molecule has 1 aliphatic rings. The molecule has 3 rings (SSSR count). The van der Waals surface area contributed by atoms with Crippen LogP contribution in [-0.4, -0.2) is 11.0 Å². The van der Waals surface area contributed by atoms with Gasteiger partial charge in [-0.25, -0.2) is 0 Å². The van der Waals surface area contributed by atoms with Crippen molar-refractivity contribution < 1.29 is 23.1 Å². The molecule has 1 amide bonds. The number of hydrogen-bond donors (Lipinski definition) is 2. The molecule has 0 bridgehead atoms. The number of benzene rings is 2. The van der Waals surface area contributed by atoms with Crippen LogP contribution in [0.2, 0.25) is 0 Å². The minimum absolute atomic E-state index is 0.0321. The zero-order valence-corrected chi connectivity index (χ0v) is 13.4. The highest BCUT2D eigenvalue weighted by molar-refractivity contribution is 5.82. The first-order valence-electron chi connectivity index (χ1n) is 8.02. The molecule has 0 spiro atoms. The maximum absolute atomic E-state index is 12.6. The summed E-state index contributed by atoms with van der Waals surface area (Å²) < 4.78 is 37.7. The minimum atomic E-state index is -4.35. The van der Waals surface area contributed by atoms with E-state index in [1.807, 2.05) is 18.2 Å². The molecular weight excluding hydrogens is 331 g/mol. The zero-order chi connectivity index (χ0) is 18.0. The van der Waals surface area contributed by atoms with Crippen LogP contribution in [-0.2, 0) is 24.1 Å². The highest BCUT2D eigenvalue weighted by atomic mass is 19.4. The van der Waals surface area contributed by atoms with Crippen LogP contribution in [0.4, 0.5) is 13.2 Å². The van der Waals surface area contributed by atoms with E-state index in [0.29, 0.717) is 13.0 Å². The van der Waals surface area contributed by atoms with Crippen LogP contribution in [0, 0.1) is 5.92 Å². The van der Waals surface area contributed by atoms with Crippen LogP contribution in [0.3, 0.4) is 0 Å². The van der Waals surface area contributed by atoms with Gasteiger partial charge in [0.1, 0.15) is 0 Å². The molecule has 25 heavy (non-hydrogen) atoms. The fourth-order valence-corrected chi connectivity index (χ4v) is 2.97. The van der Waals surface area contributed by atoms with Gasteiger partial charge in [-0.05, 0) is 41.2 Å². The molecule has 2 aromatic carbocycles. The van der Waals surface area contributed by atoms with Crippen molar-refractivity contribution in [3.63, 3.8) is 0 Å². The predicted molar refractivity (Wildman–Crippen MR) is 86.5 cm³/mol. The summed E-state index contributed by atoms with van der Waals surface area (Å²) >= 11 is 0. The van der Waals surface area contributed by atoms with E-state index >= 15 is 0 Å². The Kier molecular flexibility index (Phi) is 4.81. The minimum Gasteiger partial charge on any atom is -0.392 e. The lowest BCUT2D eigenvalue weighted by atomic mass is 10.1. The second-order valence-corrected chi connectivity index (χ2v) is 6.21. The highest BCUT2D eigenvalue weighted by Gasteiger charge is 2.44. The van der Waals surface area contributed by atoms with Gasteiger partial charge < -0.3 is 10.4 Å². The quantitative estimate of drug-likeness (QED) is 0.866. The van der Waals surface area contributed by atoms with Gasteiger partial charge in [0, 0.05) is 12.5 Å². The fraction of sp³-hybridized carbons (Fsp3) is 0.316. The Labute approximate surface area is 143 Å². The average Bonchev–Trinajstić information content (AvgIpc) is 3.40. The van der Waals surface area contributed by atoms with E-state index in [9.17, 15) is 23.1 Å². The van der Waals surface area contributed by atoms with E-state index in [2.05, 4.69) is 5.32 Å². The smallest absolute Gasteiger partial charge is 0.392 e. The molecule has 3 nitrogen and oxygen atoms in total. The summed E-state index contributed by atoms with van der Waals surface area (Å²) in [5.74, 6) is -0.356. The predicted octanol–water partition coefficient (Wildman–Crippen LogP) is 3.62. The highest BCUT2D eigenvalue weighted by Crippen LogP contribution is 2.48. The lowest BCUT2D eigenvalue weighted by Gasteiger charge is -2.09. The van der Waals surface area contributed by atoms with Gasteiger partial charge in [0.25, 0.3) is 0 Å². The van der Waals surface area contributed by atoms with E-state index < -0.39 is 11.7 Å². The van der Waals surface area contributed by atoms with Crippen LogP contribution < -0.4 is 5.32 Å². The number of carbonyl (C=O) groups excluding carboxylic acids is 1. The number of alkyl halides is 3. The van der Waals surface area contributed by atoms with E-state index in [1.54, 1.807) is 6.07 Å². The lowest BCUT2D eigenvalue weighted by Crippen LogP contribution is -2.25. The summed E-state index contributed by atoms with van der Waals surface area (Å²) in [6.45, 7) is 0.232. The van der Waals surface area contributed by atoms with Crippen molar-refractivity contribution in [2.45, 2.75) is 31.7 Å². The van der Waals surface area contributed by atoms with Gasteiger partial charge in [-0.3, -0.25) is 4.79 Å². The summed E-state index contributed by atoms with van der Waals surface area (Å²) in [6, 6.07) is 12.3. The topological polar surface area (TPSA) is 49.3 Å². The van der Waals surface area contributed by atoms with Gasteiger partial charge in [0.2, 0.25) is 5.91 Å². The Morgan fingerprint density at radius 2 is 1.72 bits per heavy atom. The van der Waals surface area contributed by atoms with Crippen LogP contribution in [0.5, 0.6) is 0 Å². The van der Waals surface area contributed by atoms with Gasteiger partial charge in [-0.15, -0.1) is 0 Å². The number of nitrogens with one attached hydrogen (secondary N) is 1. The molecule has 1 fully saturated rings. The third-order valence-electron chi connectivity index (χ3n) is 4.54. The molecule has 1 saturated carbocycles. The molecule has 0 aliphatic heterocycles. The maximum Gasteiger partial charge on any atom is 0.416 e. The molecule has 0 aromatic heterocycles.